The number of methoxy groups -OCH3 is 2. The molecule has 0 unspecified atom stereocenters. The summed E-state index contributed by atoms with van der Waals surface area (Å²) < 4.78 is 15.9. The highest BCUT2D eigenvalue weighted by atomic mass is 16.5. The van der Waals surface area contributed by atoms with Crippen LogP contribution in [0.4, 0.5) is 0 Å². The molecule has 158 valence electrons. The van der Waals surface area contributed by atoms with E-state index in [9.17, 15) is 0 Å². The van der Waals surface area contributed by atoms with Crippen molar-refractivity contribution >= 4 is 5.96 Å². The zero-order valence-electron chi connectivity index (χ0n) is 17.7. The molecule has 0 aliphatic heterocycles. The van der Waals surface area contributed by atoms with Gasteiger partial charge in [-0.1, -0.05) is 36.4 Å². The molecule has 0 saturated heterocycles. The number of hydrogen-bond donors (Lipinski definition) is 2. The van der Waals surface area contributed by atoms with E-state index in [1.165, 1.54) is 11.1 Å². The molecule has 6 heteroatoms. The Bertz CT molecular complexity index is 732. The van der Waals surface area contributed by atoms with E-state index in [4.69, 9.17) is 19.2 Å². The second-order valence-electron chi connectivity index (χ2n) is 6.55. The predicted octanol–water partition coefficient (Wildman–Crippen LogP) is 3.50. The Balaban J connectivity index is 1.99. The minimum absolute atomic E-state index is 0.588. The molecule has 0 atom stereocenters. The lowest BCUT2D eigenvalue weighted by Gasteiger charge is -2.15. The van der Waals surface area contributed by atoms with Gasteiger partial charge in [0, 0.05) is 33.4 Å². The number of benzene rings is 2. The number of nitrogens with one attached hydrogen (secondary N) is 2. The highest BCUT2D eigenvalue weighted by Crippen LogP contribution is 2.12. The van der Waals surface area contributed by atoms with Crippen molar-refractivity contribution in [2.24, 2.45) is 4.99 Å². The smallest absolute Gasteiger partial charge is 0.191 e. The summed E-state index contributed by atoms with van der Waals surface area (Å²) in [5.74, 6) is 1.63. The van der Waals surface area contributed by atoms with E-state index in [0.717, 1.165) is 43.5 Å². The molecule has 2 aromatic rings. The van der Waals surface area contributed by atoms with E-state index in [-0.39, 0.29) is 0 Å². The topological polar surface area (TPSA) is 64.1 Å². The summed E-state index contributed by atoms with van der Waals surface area (Å²) in [6.07, 6.45) is 0.928. The van der Waals surface area contributed by atoms with Crippen molar-refractivity contribution in [3.8, 4) is 5.75 Å². The van der Waals surface area contributed by atoms with Crippen molar-refractivity contribution in [1.82, 2.24) is 10.6 Å². The largest absolute Gasteiger partial charge is 0.497 e. The first-order chi connectivity index (χ1) is 14.3. The van der Waals surface area contributed by atoms with Crippen LogP contribution < -0.4 is 15.4 Å². The van der Waals surface area contributed by atoms with Crippen LogP contribution in [0.3, 0.4) is 0 Å². The molecule has 0 spiro atoms. The highest BCUT2D eigenvalue weighted by Gasteiger charge is 2.04. The molecular formula is C23H33N3O3. The third-order valence-electron chi connectivity index (χ3n) is 4.41. The normalized spacial score (nSPS) is 11.3. The zero-order valence-corrected chi connectivity index (χ0v) is 17.7. The van der Waals surface area contributed by atoms with Gasteiger partial charge in [0.1, 0.15) is 5.75 Å². The number of guanidine groups is 1. The van der Waals surface area contributed by atoms with Crippen molar-refractivity contribution < 1.29 is 14.2 Å². The first-order valence-electron chi connectivity index (χ1n) is 10.1. The van der Waals surface area contributed by atoms with Crippen LogP contribution >= 0.6 is 0 Å². The number of nitrogens with zero attached hydrogens (tertiary/aromatic N) is 1. The Morgan fingerprint density at radius 2 is 1.72 bits per heavy atom. The second kappa shape index (κ2) is 13.6. The average molecular weight is 400 g/mol. The van der Waals surface area contributed by atoms with E-state index in [2.05, 4.69) is 22.8 Å². The minimum Gasteiger partial charge on any atom is -0.497 e. The fourth-order valence-corrected chi connectivity index (χ4v) is 2.81. The molecule has 0 saturated carbocycles. The van der Waals surface area contributed by atoms with Crippen LogP contribution in [0.5, 0.6) is 5.75 Å². The lowest BCUT2D eigenvalue weighted by atomic mass is 10.1. The Kier molecular flexibility index (Phi) is 10.6. The van der Waals surface area contributed by atoms with Gasteiger partial charge in [0.15, 0.2) is 5.96 Å². The third-order valence-corrected chi connectivity index (χ3v) is 4.41. The van der Waals surface area contributed by atoms with Gasteiger partial charge < -0.3 is 24.8 Å². The van der Waals surface area contributed by atoms with E-state index in [0.29, 0.717) is 19.7 Å². The first-order valence-corrected chi connectivity index (χ1v) is 10.1. The Labute approximate surface area is 174 Å². The van der Waals surface area contributed by atoms with Gasteiger partial charge in [-0.05, 0) is 42.2 Å². The van der Waals surface area contributed by atoms with E-state index < -0.39 is 0 Å². The monoisotopic (exact) mass is 399 g/mol. The summed E-state index contributed by atoms with van der Waals surface area (Å²) in [6, 6.07) is 16.2. The Hall–Kier alpha value is -2.57. The van der Waals surface area contributed by atoms with Gasteiger partial charge >= 0.3 is 0 Å². The summed E-state index contributed by atoms with van der Waals surface area (Å²) in [6.45, 7) is 6.16. The number of hydrogen-bond acceptors (Lipinski definition) is 4. The predicted molar refractivity (Wildman–Crippen MR) is 117 cm³/mol. The van der Waals surface area contributed by atoms with Crippen LogP contribution in [-0.2, 0) is 29.2 Å². The SMILES string of the molecule is CCOCCCNC(=NCc1ccc(OC)cc1)NCc1ccccc1COC. The average Bonchev–Trinajstić information content (AvgIpc) is 2.76. The Morgan fingerprint density at radius 3 is 2.41 bits per heavy atom. The lowest BCUT2D eigenvalue weighted by Crippen LogP contribution is -2.38. The van der Waals surface area contributed by atoms with E-state index in [1.807, 2.05) is 43.3 Å². The van der Waals surface area contributed by atoms with Gasteiger partial charge in [-0.15, -0.1) is 0 Å². The number of aliphatic imine (C=N–C) groups is 1. The molecule has 2 rings (SSSR count). The molecular weight excluding hydrogens is 366 g/mol. The van der Waals surface area contributed by atoms with Crippen molar-refractivity contribution in [3.05, 3.63) is 65.2 Å². The first kappa shape index (κ1) is 22.7. The quantitative estimate of drug-likeness (QED) is 0.325. The fraction of sp³-hybridized carbons (Fsp3) is 0.435. The maximum absolute atomic E-state index is 5.41. The molecule has 0 fully saturated rings. The van der Waals surface area contributed by atoms with Gasteiger partial charge in [-0.25, -0.2) is 4.99 Å². The third kappa shape index (κ3) is 8.54. The van der Waals surface area contributed by atoms with Crippen molar-refractivity contribution in [2.45, 2.75) is 33.0 Å². The van der Waals surface area contributed by atoms with Crippen LogP contribution in [0.25, 0.3) is 0 Å². The molecule has 0 heterocycles. The molecule has 0 aliphatic carbocycles. The summed E-state index contributed by atoms with van der Waals surface area (Å²) in [4.78, 5) is 4.74. The number of rotatable bonds is 12. The maximum atomic E-state index is 5.41. The van der Waals surface area contributed by atoms with Crippen LogP contribution in [0.15, 0.2) is 53.5 Å². The maximum Gasteiger partial charge on any atom is 0.191 e. The van der Waals surface area contributed by atoms with E-state index in [1.54, 1.807) is 14.2 Å². The summed E-state index contributed by atoms with van der Waals surface area (Å²) in [7, 11) is 3.38. The molecule has 0 aromatic heterocycles. The van der Waals surface area contributed by atoms with Gasteiger partial charge in [0.25, 0.3) is 0 Å². The van der Waals surface area contributed by atoms with Crippen molar-refractivity contribution in [1.29, 1.82) is 0 Å². The molecule has 0 bridgehead atoms. The number of ether oxygens (including phenoxy) is 3. The zero-order chi connectivity index (χ0) is 20.7. The molecule has 2 aromatic carbocycles. The van der Waals surface area contributed by atoms with Crippen molar-refractivity contribution in [3.63, 3.8) is 0 Å². The molecule has 0 radical (unpaired) electrons. The molecule has 0 aliphatic rings. The molecule has 6 nitrogen and oxygen atoms in total. The fourth-order valence-electron chi connectivity index (χ4n) is 2.81. The van der Waals surface area contributed by atoms with Gasteiger partial charge in [0.2, 0.25) is 0 Å². The van der Waals surface area contributed by atoms with Gasteiger partial charge in [-0.3, -0.25) is 0 Å². The van der Waals surface area contributed by atoms with Crippen LogP contribution in [0.2, 0.25) is 0 Å². The standard InChI is InChI=1S/C23H33N3O3/c1-4-29-15-7-14-24-23(25-16-19-10-12-22(28-3)13-11-19)26-17-20-8-5-6-9-21(20)18-27-2/h5-6,8-13H,4,7,14-18H2,1-3H3,(H2,24,25,26). The molecule has 0 amide bonds. The summed E-state index contributed by atoms with van der Waals surface area (Å²) in [5.41, 5.74) is 3.50. The lowest BCUT2D eigenvalue weighted by molar-refractivity contribution is 0.145. The van der Waals surface area contributed by atoms with Gasteiger partial charge in [-0.2, -0.15) is 0 Å². The van der Waals surface area contributed by atoms with Crippen molar-refractivity contribution in [2.75, 3.05) is 34.0 Å². The van der Waals surface area contributed by atoms with Gasteiger partial charge in [0.05, 0.1) is 20.3 Å². The second-order valence-corrected chi connectivity index (χ2v) is 6.55. The summed E-state index contributed by atoms with van der Waals surface area (Å²) in [5, 5.41) is 6.83. The highest BCUT2D eigenvalue weighted by molar-refractivity contribution is 5.79. The van der Waals surface area contributed by atoms with Crippen LogP contribution in [0, 0.1) is 0 Å². The van der Waals surface area contributed by atoms with Crippen LogP contribution in [-0.4, -0.2) is 39.9 Å². The molecule has 2 N–H and O–H groups in total. The Morgan fingerprint density at radius 1 is 0.966 bits per heavy atom. The van der Waals surface area contributed by atoms with Crippen LogP contribution in [0.1, 0.15) is 30.0 Å². The summed E-state index contributed by atoms with van der Waals surface area (Å²) >= 11 is 0. The molecule has 29 heavy (non-hydrogen) atoms. The van der Waals surface area contributed by atoms with E-state index >= 15 is 0 Å². The minimum atomic E-state index is 0.588.